The van der Waals surface area contributed by atoms with Crippen LogP contribution >= 0.6 is 0 Å². The minimum Gasteiger partial charge on any atom is -0.404 e. The zero-order valence-corrected chi connectivity index (χ0v) is 18.6. The molecule has 0 spiro atoms. The van der Waals surface area contributed by atoms with Crippen LogP contribution in [0, 0.1) is 18.3 Å². The van der Waals surface area contributed by atoms with Gasteiger partial charge in [0.25, 0.3) is 0 Å². The fraction of sp³-hybridized carbons (Fsp3) is 0.346. The molecule has 3 N–H and O–H groups in total. The van der Waals surface area contributed by atoms with Gasteiger partial charge in [-0.2, -0.15) is 0 Å². The van der Waals surface area contributed by atoms with Gasteiger partial charge in [-0.25, -0.2) is 4.98 Å². The van der Waals surface area contributed by atoms with Crippen LogP contribution in [0.4, 0.5) is 0 Å². The Bertz CT molecular complexity index is 1120. The number of allylic oxidation sites excluding steroid dienone is 1. The lowest BCUT2D eigenvalue weighted by Gasteiger charge is -2.32. The minimum atomic E-state index is 0.264. The summed E-state index contributed by atoms with van der Waals surface area (Å²) in [5.74, 6) is 0.800. The predicted molar refractivity (Wildman–Crippen MR) is 129 cm³/mol. The van der Waals surface area contributed by atoms with Crippen LogP contribution < -0.4 is 5.73 Å². The van der Waals surface area contributed by atoms with E-state index in [9.17, 15) is 4.79 Å². The molecule has 0 saturated carbocycles. The van der Waals surface area contributed by atoms with E-state index in [1.165, 1.54) is 23.5 Å². The van der Waals surface area contributed by atoms with Gasteiger partial charge in [0.05, 0.1) is 0 Å². The van der Waals surface area contributed by atoms with Crippen LogP contribution in [0.3, 0.4) is 0 Å². The van der Waals surface area contributed by atoms with Crippen molar-refractivity contribution in [3.05, 3.63) is 71.7 Å². The number of nitrogens with one attached hydrogen (secondary N) is 1. The maximum atomic E-state index is 12.7. The fourth-order valence-electron chi connectivity index (χ4n) is 4.42. The number of aryl methyl sites for hydroxylation is 2. The Labute approximate surface area is 189 Å². The summed E-state index contributed by atoms with van der Waals surface area (Å²) in [5.41, 5.74) is 10.5. The van der Waals surface area contributed by atoms with Crippen LogP contribution in [0.15, 0.2) is 55.0 Å². The molecule has 1 amide bonds. The number of hydrogen-bond acceptors (Lipinski definition) is 4. The van der Waals surface area contributed by atoms with E-state index >= 15 is 0 Å². The van der Waals surface area contributed by atoms with Crippen molar-refractivity contribution in [2.24, 2.45) is 11.7 Å². The molecule has 3 heterocycles. The van der Waals surface area contributed by atoms with E-state index in [4.69, 9.17) is 11.1 Å². The van der Waals surface area contributed by atoms with Gasteiger partial charge >= 0.3 is 0 Å². The summed E-state index contributed by atoms with van der Waals surface area (Å²) >= 11 is 0. The molecule has 0 radical (unpaired) electrons. The number of amides is 1. The number of pyridine rings is 1. The van der Waals surface area contributed by atoms with E-state index in [-0.39, 0.29) is 5.91 Å². The number of benzene rings is 1. The van der Waals surface area contributed by atoms with Crippen LogP contribution in [-0.4, -0.2) is 39.7 Å². The molecular weight excluding hydrogens is 398 g/mol. The molecule has 0 aliphatic carbocycles. The summed E-state index contributed by atoms with van der Waals surface area (Å²) in [6.07, 6.45) is 9.95. The highest BCUT2D eigenvalue weighted by atomic mass is 16.2. The number of rotatable bonds is 7. The number of aromatic nitrogens is 2. The van der Waals surface area contributed by atoms with Gasteiger partial charge in [-0.3, -0.25) is 4.79 Å². The van der Waals surface area contributed by atoms with Gasteiger partial charge in [-0.05, 0) is 49.8 Å². The van der Waals surface area contributed by atoms with Gasteiger partial charge in [0.15, 0.2) is 0 Å². The highest BCUT2D eigenvalue weighted by molar-refractivity contribution is 6.08. The summed E-state index contributed by atoms with van der Waals surface area (Å²) in [6.45, 7) is 4.65. The van der Waals surface area contributed by atoms with Crippen LogP contribution in [0.5, 0.6) is 0 Å². The molecule has 2 aromatic heterocycles. The third kappa shape index (κ3) is 4.90. The maximum absolute atomic E-state index is 12.7. The Morgan fingerprint density at radius 1 is 1.22 bits per heavy atom. The smallest absolute Gasteiger partial charge is 0.222 e. The Kier molecular flexibility index (Phi) is 6.69. The third-order valence-corrected chi connectivity index (χ3v) is 6.44. The van der Waals surface area contributed by atoms with Gasteiger partial charge in [0.2, 0.25) is 5.91 Å². The molecule has 1 aliphatic heterocycles. The number of likely N-dealkylation sites (tertiary alicyclic amines) is 1. The van der Waals surface area contributed by atoms with Crippen molar-refractivity contribution in [1.82, 2.24) is 14.5 Å². The van der Waals surface area contributed by atoms with Crippen molar-refractivity contribution in [1.29, 1.82) is 5.41 Å². The molecule has 4 rings (SSSR count). The van der Waals surface area contributed by atoms with E-state index in [2.05, 4.69) is 53.0 Å². The largest absolute Gasteiger partial charge is 0.404 e. The first-order valence-corrected chi connectivity index (χ1v) is 11.3. The summed E-state index contributed by atoms with van der Waals surface area (Å²) in [5, 5.41) is 8.52. The SMILES string of the molecule is Cc1ccc(CCC(=O)N2CCC(Cn3ccc4cc(/C(C=N)=C/N)cnc43)CC2)cc1. The second-order valence-electron chi connectivity index (χ2n) is 8.68. The first kappa shape index (κ1) is 21.8. The zero-order chi connectivity index (χ0) is 22.5. The fourth-order valence-corrected chi connectivity index (χ4v) is 4.42. The Balaban J connectivity index is 1.31. The zero-order valence-electron chi connectivity index (χ0n) is 18.6. The topological polar surface area (TPSA) is 88.0 Å². The summed E-state index contributed by atoms with van der Waals surface area (Å²) < 4.78 is 2.20. The molecule has 6 nitrogen and oxygen atoms in total. The van der Waals surface area contributed by atoms with Gasteiger partial charge in [-0.15, -0.1) is 0 Å². The number of carbonyl (C=O) groups excluding carboxylic acids is 1. The lowest BCUT2D eigenvalue weighted by Crippen LogP contribution is -2.39. The number of hydrogen-bond donors (Lipinski definition) is 2. The normalized spacial score (nSPS) is 15.3. The molecule has 6 heteroatoms. The van der Waals surface area contributed by atoms with E-state index in [1.54, 1.807) is 6.20 Å². The molecule has 0 unspecified atom stereocenters. The number of fused-ring (bicyclic) bond motifs is 1. The van der Waals surface area contributed by atoms with Crippen LogP contribution in [0.25, 0.3) is 16.6 Å². The highest BCUT2D eigenvalue weighted by Crippen LogP contribution is 2.24. The van der Waals surface area contributed by atoms with Gasteiger partial charge in [0, 0.05) is 67.4 Å². The van der Waals surface area contributed by atoms with E-state index in [1.807, 2.05) is 11.0 Å². The van der Waals surface area contributed by atoms with Gasteiger partial charge < -0.3 is 20.6 Å². The molecule has 1 aliphatic rings. The van der Waals surface area contributed by atoms with Crippen molar-refractivity contribution in [2.45, 2.75) is 39.2 Å². The molecule has 0 bridgehead atoms. The second kappa shape index (κ2) is 9.81. The van der Waals surface area contributed by atoms with Crippen LogP contribution in [0.1, 0.15) is 36.0 Å². The Morgan fingerprint density at radius 3 is 2.66 bits per heavy atom. The lowest BCUT2D eigenvalue weighted by atomic mass is 9.96. The molecule has 1 saturated heterocycles. The molecule has 0 atom stereocenters. The average Bonchev–Trinajstić information content (AvgIpc) is 3.22. The Hall–Kier alpha value is -3.41. The first-order valence-electron chi connectivity index (χ1n) is 11.3. The molecular formula is C26H31N5O. The quantitative estimate of drug-likeness (QED) is 0.553. The number of nitrogens with zero attached hydrogens (tertiary/aromatic N) is 3. The van der Waals surface area contributed by atoms with Crippen LogP contribution in [0.2, 0.25) is 0 Å². The predicted octanol–water partition coefficient (Wildman–Crippen LogP) is 4.17. The van der Waals surface area contributed by atoms with Crippen molar-refractivity contribution < 1.29 is 4.79 Å². The number of piperidine rings is 1. The average molecular weight is 430 g/mol. The molecule has 32 heavy (non-hydrogen) atoms. The van der Waals surface area contributed by atoms with E-state index in [0.29, 0.717) is 17.9 Å². The number of nitrogens with two attached hydrogens (primary N) is 1. The summed E-state index contributed by atoms with van der Waals surface area (Å²) in [4.78, 5) is 19.3. The van der Waals surface area contributed by atoms with Gasteiger partial charge in [-0.1, -0.05) is 29.8 Å². The number of carbonyl (C=O) groups is 1. The van der Waals surface area contributed by atoms with E-state index < -0.39 is 0 Å². The molecule has 1 fully saturated rings. The highest BCUT2D eigenvalue weighted by Gasteiger charge is 2.23. The molecule has 3 aromatic rings. The van der Waals surface area contributed by atoms with Crippen molar-refractivity contribution >= 4 is 28.7 Å². The molecule has 1 aromatic carbocycles. The first-order chi connectivity index (χ1) is 15.6. The third-order valence-electron chi connectivity index (χ3n) is 6.44. The minimum absolute atomic E-state index is 0.264. The standard InChI is InChI=1S/C26H31N5O/c1-19-2-4-20(5-3-19)6-7-25(32)30-11-8-21(9-12-30)18-31-13-10-22-14-23(17-29-26(22)31)24(15-27)16-28/h2-5,10,13-17,21,27H,6-9,11-12,18,28H2,1H3/b24-16+,27-15?. The maximum Gasteiger partial charge on any atom is 0.222 e. The van der Waals surface area contributed by atoms with Crippen molar-refractivity contribution in [3.8, 4) is 0 Å². The summed E-state index contributed by atoms with van der Waals surface area (Å²) in [6, 6.07) is 12.5. The summed E-state index contributed by atoms with van der Waals surface area (Å²) in [7, 11) is 0. The van der Waals surface area contributed by atoms with E-state index in [0.717, 1.165) is 55.5 Å². The Morgan fingerprint density at radius 2 is 1.97 bits per heavy atom. The van der Waals surface area contributed by atoms with Crippen LogP contribution in [-0.2, 0) is 17.8 Å². The monoisotopic (exact) mass is 429 g/mol. The van der Waals surface area contributed by atoms with Gasteiger partial charge in [0.1, 0.15) is 5.65 Å². The van der Waals surface area contributed by atoms with Crippen molar-refractivity contribution in [2.75, 3.05) is 13.1 Å². The molecule has 166 valence electrons. The lowest BCUT2D eigenvalue weighted by molar-refractivity contribution is -0.132. The van der Waals surface area contributed by atoms with Crippen molar-refractivity contribution in [3.63, 3.8) is 0 Å². The second-order valence-corrected chi connectivity index (χ2v) is 8.68.